The van der Waals surface area contributed by atoms with Gasteiger partial charge in [-0.05, 0) is 38.7 Å². The molecule has 1 aromatic carbocycles. The van der Waals surface area contributed by atoms with E-state index in [-0.39, 0.29) is 0 Å². The van der Waals surface area contributed by atoms with Crippen LogP contribution >= 0.6 is 0 Å². The number of aromatic nitrogens is 2. The van der Waals surface area contributed by atoms with Crippen molar-refractivity contribution in [1.29, 1.82) is 0 Å². The van der Waals surface area contributed by atoms with E-state index in [0.717, 1.165) is 18.4 Å². The molecular weight excluding hydrogens is 226 g/mol. The highest BCUT2D eigenvalue weighted by Crippen LogP contribution is 2.43. The van der Waals surface area contributed by atoms with Crippen LogP contribution in [0.25, 0.3) is 11.4 Å². The van der Waals surface area contributed by atoms with Gasteiger partial charge >= 0.3 is 0 Å². The molecule has 1 aliphatic rings. The van der Waals surface area contributed by atoms with Gasteiger partial charge in [-0.1, -0.05) is 28.9 Å². The number of benzene rings is 1. The zero-order valence-electron chi connectivity index (χ0n) is 10.7. The maximum atomic E-state index is 6.27. The summed E-state index contributed by atoms with van der Waals surface area (Å²) < 4.78 is 5.34. The van der Waals surface area contributed by atoms with Crippen LogP contribution in [0.4, 0.5) is 0 Å². The lowest BCUT2D eigenvalue weighted by molar-refractivity contribution is 0.273. The summed E-state index contributed by atoms with van der Waals surface area (Å²) in [4.78, 5) is 4.45. The molecule has 1 fully saturated rings. The molecule has 1 saturated carbocycles. The van der Waals surface area contributed by atoms with Crippen LogP contribution in [0.1, 0.15) is 31.2 Å². The maximum absolute atomic E-state index is 6.27. The molecule has 0 radical (unpaired) electrons. The molecule has 0 spiro atoms. The largest absolute Gasteiger partial charge is 0.337 e. The number of nitrogens with zero attached hydrogens (tertiary/aromatic N) is 2. The van der Waals surface area contributed by atoms with E-state index in [1.807, 2.05) is 38.1 Å². The Bertz CT molecular complexity index is 570. The lowest BCUT2D eigenvalue weighted by Gasteiger charge is -2.18. The predicted molar refractivity (Wildman–Crippen MR) is 68.7 cm³/mol. The molecule has 2 N–H and O–H groups in total. The van der Waals surface area contributed by atoms with Crippen molar-refractivity contribution in [2.45, 2.75) is 32.2 Å². The third-order valence-electron chi connectivity index (χ3n) is 3.59. The first-order chi connectivity index (χ1) is 8.57. The van der Waals surface area contributed by atoms with Crippen LogP contribution < -0.4 is 5.73 Å². The first kappa shape index (κ1) is 11.4. The molecule has 1 unspecified atom stereocenters. The van der Waals surface area contributed by atoms with Gasteiger partial charge in [-0.3, -0.25) is 0 Å². The average molecular weight is 243 g/mol. The molecular formula is C14H17N3O. The lowest BCUT2D eigenvalue weighted by Crippen LogP contribution is -2.35. The normalized spacial score (nSPS) is 18.6. The smallest absolute Gasteiger partial charge is 0.247 e. The van der Waals surface area contributed by atoms with Crippen molar-refractivity contribution in [3.63, 3.8) is 0 Å². The summed E-state index contributed by atoms with van der Waals surface area (Å²) in [6.45, 7) is 4.01. The maximum Gasteiger partial charge on any atom is 0.247 e. The third kappa shape index (κ3) is 1.93. The molecule has 4 heteroatoms. The molecule has 3 rings (SSSR count). The minimum Gasteiger partial charge on any atom is -0.337 e. The van der Waals surface area contributed by atoms with Gasteiger partial charge in [0.05, 0.1) is 5.54 Å². The van der Waals surface area contributed by atoms with Crippen molar-refractivity contribution in [2.24, 2.45) is 11.7 Å². The van der Waals surface area contributed by atoms with E-state index >= 15 is 0 Å². The van der Waals surface area contributed by atoms with E-state index in [9.17, 15) is 0 Å². The zero-order chi connectivity index (χ0) is 12.8. The SMILES string of the molecule is Cc1cccc(-c2noc(C(C)(N)C3CC3)n2)c1. The number of aryl methyl sites for hydroxylation is 1. The molecule has 1 atom stereocenters. The first-order valence-electron chi connectivity index (χ1n) is 6.27. The van der Waals surface area contributed by atoms with Crippen molar-refractivity contribution in [3.8, 4) is 11.4 Å². The number of hydrogen-bond acceptors (Lipinski definition) is 4. The molecule has 0 aliphatic heterocycles. The van der Waals surface area contributed by atoms with Gasteiger partial charge in [-0.15, -0.1) is 0 Å². The molecule has 0 bridgehead atoms. The van der Waals surface area contributed by atoms with Gasteiger partial charge in [0.25, 0.3) is 0 Å². The molecule has 94 valence electrons. The fraction of sp³-hybridized carbons (Fsp3) is 0.429. The highest BCUT2D eigenvalue weighted by Gasteiger charge is 2.43. The minimum absolute atomic E-state index is 0.475. The monoisotopic (exact) mass is 243 g/mol. The standard InChI is InChI=1S/C14H17N3O/c1-9-4-3-5-10(8-9)12-16-13(18-17-12)14(2,15)11-6-7-11/h3-5,8,11H,6-7,15H2,1-2H3. The zero-order valence-corrected chi connectivity index (χ0v) is 10.7. The van der Waals surface area contributed by atoms with Crippen molar-refractivity contribution < 1.29 is 4.52 Å². The van der Waals surface area contributed by atoms with Gasteiger partial charge in [0.2, 0.25) is 11.7 Å². The van der Waals surface area contributed by atoms with Crippen LogP contribution in [0.2, 0.25) is 0 Å². The van der Waals surface area contributed by atoms with Crippen molar-refractivity contribution in [2.75, 3.05) is 0 Å². The van der Waals surface area contributed by atoms with Crippen LogP contribution in [-0.2, 0) is 5.54 Å². The summed E-state index contributed by atoms with van der Waals surface area (Å²) in [5, 5.41) is 4.04. The molecule has 0 amide bonds. The second-order valence-electron chi connectivity index (χ2n) is 5.35. The van der Waals surface area contributed by atoms with Gasteiger partial charge in [0.15, 0.2) is 0 Å². The van der Waals surface area contributed by atoms with Crippen LogP contribution in [0.5, 0.6) is 0 Å². The van der Waals surface area contributed by atoms with Gasteiger partial charge in [-0.2, -0.15) is 4.98 Å². The van der Waals surface area contributed by atoms with Gasteiger partial charge in [0, 0.05) is 5.56 Å². The highest BCUT2D eigenvalue weighted by atomic mass is 16.5. The van der Waals surface area contributed by atoms with Crippen molar-refractivity contribution >= 4 is 0 Å². The van der Waals surface area contributed by atoms with Crippen LogP contribution in [-0.4, -0.2) is 10.1 Å². The second-order valence-corrected chi connectivity index (χ2v) is 5.35. The Morgan fingerprint density at radius 3 is 2.83 bits per heavy atom. The van der Waals surface area contributed by atoms with E-state index in [1.54, 1.807) is 0 Å². The van der Waals surface area contributed by atoms with Crippen molar-refractivity contribution in [1.82, 2.24) is 10.1 Å². The molecule has 1 aromatic heterocycles. The Kier molecular flexibility index (Phi) is 2.48. The van der Waals surface area contributed by atoms with Gasteiger partial charge in [-0.25, -0.2) is 0 Å². The topological polar surface area (TPSA) is 64.9 Å². The summed E-state index contributed by atoms with van der Waals surface area (Å²) in [6, 6.07) is 8.05. The summed E-state index contributed by atoms with van der Waals surface area (Å²) in [7, 11) is 0. The summed E-state index contributed by atoms with van der Waals surface area (Å²) in [6.07, 6.45) is 2.30. The van der Waals surface area contributed by atoms with E-state index in [4.69, 9.17) is 10.3 Å². The molecule has 18 heavy (non-hydrogen) atoms. The fourth-order valence-electron chi connectivity index (χ4n) is 2.20. The Labute approximate surface area is 106 Å². The summed E-state index contributed by atoms with van der Waals surface area (Å²) >= 11 is 0. The van der Waals surface area contributed by atoms with Gasteiger partial charge < -0.3 is 10.3 Å². The molecule has 2 aromatic rings. The van der Waals surface area contributed by atoms with E-state index < -0.39 is 5.54 Å². The van der Waals surface area contributed by atoms with Crippen molar-refractivity contribution in [3.05, 3.63) is 35.7 Å². The molecule has 4 nitrogen and oxygen atoms in total. The number of rotatable bonds is 3. The van der Waals surface area contributed by atoms with Crippen LogP contribution in [0.15, 0.2) is 28.8 Å². The Balaban J connectivity index is 1.94. The third-order valence-corrected chi connectivity index (χ3v) is 3.59. The Hall–Kier alpha value is -1.68. The summed E-state index contributed by atoms with van der Waals surface area (Å²) in [5.41, 5.74) is 7.92. The molecule has 0 saturated heterocycles. The Morgan fingerprint density at radius 2 is 2.17 bits per heavy atom. The van der Waals surface area contributed by atoms with E-state index in [0.29, 0.717) is 17.6 Å². The van der Waals surface area contributed by atoms with Crippen LogP contribution in [0.3, 0.4) is 0 Å². The number of hydrogen-bond donors (Lipinski definition) is 1. The quantitative estimate of drug-likeness (QED) is 0.900. The number of nitrogens with two attached hydrogens (primary N) is 1. The summed E-state index contributed by atoms with van der Waals surface area (Å²) in [5.74, 6) is 1.64. The van der Waals surface area contributed by atoms with Crippen LogP contribution in [0, 0.1) is 12.8 Å². The molecule has 1 heterocycles. The fourth-order valence-corrected chi connectivity index (χ4v) is 2.20. The lowest BCUT2D eigenvalue weighted by atomic mass is 9.97. The second kappa shape index (κ2) is 3.92. The average Bonchev–Trinajstić information content (AvgIpc) is 3.07. The predicted octanol–water partition coefficient (Wildman–Crippen LogP) is 2.63. The molecule has 1 aliphatic carbocycles. The Morgan fingerprint density at radius 1 is 1.39 bits per heavy atom. The minimum atomic E-state index is -0.491. The first-order valence-corrected chi connectivity index (χ1v) is 6.27. The van der Waals surface area contributed by atoms with Gasteiger partial charge in [0.1, 0.15) is 0 Å². The highest BCUT2D eigenvalue weighted by molar-refractivity contribution is 5.55. The van der Waals surface area contributed by atoms with E-state index in [1.165, 1.54) is 5.56 Å². The van der Waals surface area contributed by atoms with E-state index in [2.05, 4.69) is 10.1 Å².